The lowest BCUT2D eigenvalue weighted by Crippen LogP contribution is -2.16. The Hall–Kier alpha value is -0.840. The van der Waals surface area contributed by atoms with Crippen LogP contribution in [0.2, 0.25) is 0 Å². The largest absolute Gasteiger partial charge is 0.370 e. The van der Waals surface area contributed by atoms with Crippen molar-refractivity contribution >= 4 is 33.0 Å². The Morgan fingerprint density at radius 1 is 1.20 bits per heavy atom. The number of nitrogens with one attached hydrogen (secondary N) is 1. The fourth-order valence-electron chi connectivity index (χ4n) is 2.07. The molecule has 0 aliphatic heterocycles. The molecular formula is C16H21BrN2S. The van der Waals surface area contributed by atoms with E-state index in [1.165, 1.54) is 27.0 Å². The predicted octanol–water partition coefficient (Wildman–Crippen LogP) is 4.65. The van der Waals surface area contributed by atoms with Gasteiger partial charge in [-0.25, -0.2) is 0 Å². The highest BCUT2D eigenvalue weighted by Crippen LogP contribution is 2.23. The summed E-state index contributed by atoms with van der Waals surface area (Å²) in [5, 5.41) is 5.62. The summed E-state index contributed by atoms with van der Waals surface area (Å²) in [6.45, 7) is 5.16. The Morgan fingerprint density at radius 2 is 1.95 bits per heavy atom. The summed E-state index contributed by atoms with van der Waals surface area (Å²) in [7, 11) is 2.13. The van der Waals surface area contributed by atoms with Gasteiger partial charge in [0.05, 0.1) is 3.79 Å². The fourth-order valence-corrected chi connectivity index (χ4v) is 3.27. The summed E-state index contributed by atoms with van der Waals surface area (Å²) in [6.07, 6.45) is 1.18. The Labute approximate surface area is 133 Å². The first-order chi connectivity index (χ1) is 9.69. The Bertz CT molecular complexity index is 522. The number of nitrogens with zero attached hydrogens (tertiary/aromatic N) is 1. The Kier molecular flexibility index (Phi) is 6.07. The first kappa shape index (κ1) is 15.5. The lowest BCUT2D eigenvalue weighted by atomic mass is 10.2. The molecule has 0 atom stereocenters. The molecule has 0 saturated heterocycles. The number of hydrogen-bond acceptors (Lipinski definition) is 3. The van der Waals surface area contributed by atoms with Gasteiger partial charge >= 0.3 is 0 Å². The molecular weight excluding hydrogens is 332 g/mol. The van der Waals surface area contributed by atoms with Gasteiger partial charge in [0.15, 0.2) is 0 Å². The Balaban J connectivity index is 1.91. The molecule has 0 aliphatic carbocycles. The van der Waals surface area contributed by atoms with E-state index < -0.39 is 0 Å². The van der Waals surface area contributed by atoms with Gasteiger partial charge in [-0.05, 0) is 63.6 Å². The molecule has 1 heterocycles. The van der Waals surface area contributed by atoms with Crippen LogP contribution in [-0.2, 0) is 13.1 Å². The van der Waals surface area contributed by atoms with Crippen molar-refractivity contribution in [1.82, 2.24) is 5.32 Å². The molecule has 2 aromatic rings. The van der Waals surface area contributed by atoms with E-state index in [0.717, 1.165) is 19.6 Å². The smallest absolute Gasteiger partial charge is 0.0701 e. The van der Waals surface area contributed by atoms with Crippen LogP contribution in [0.3, 0.4) is 0 Å². The van der Waals surface area contributed by atoms with E-state index in [2.05, 4.69) is 75.8 Å². The van der Waals surface area contributed by atoms with Crippen molar-refractivity contribution in [2.75, 3.05) is 18.5 Å². The number of thiophene rings is 1. The van der Waals surface area contributed by atoms with Crippen molar-refractivity contribution in [2.24, 2.45) is 0 Å². The van der Waals surface area contributed by atoms with Crippen molar-refractivity contribution in [3.8, 4) is 0 Å². The van der Waals surface area contributed by atoms with Crippen molar-refractivity contribution in [2.45, 2.75) is 26.4 Å². The highest BCUT2D eigenvalue weighted by Gasteiger charge is 2.04. The molecule has 0 bridgehead atoms. The zero-order valence-electron chi connectivity index (χ0n) is 12.0. The number of anilines is 1. The van der Waals surface area contributed by atoms with Gasteiger partial charge in [-0.3, -0.25) is 0 Å². The molecule has 0 radical (unpaired) electrons. The Morgan fingerprint density at radius 3 is 2.55 bits per heavy atom. The number of rotatable bonds is 7. The second-order valence-electron chi connectivity index (χ2n) is 4.96. The summed E-state index contributed by atoms with van der Waals surface area (Å²) >= 11 is 5.25. The van der Waals surface area contributed by atoms with Crippen molar-refractivity contribution in [3.05, 3.63) is 50.6 Å². The van der Waals surface area contributed by atoms with Crippen LogP contribution < -0.4 is 10.2 Å². The van der Waals surface area contributed by atoms with Crippen molar-refractivity contribution < 1.29 is 0 Å². The molecule has 0 saturated carbocycles. The summed E-state index contributed by atoms with van der Waals surface area (Å²) < 4.78 is 1.19. The zero-order valence-corrected chi connectivity index (χ0v) is 14.4. The standard InChI is InChI=1S/C16H21BrN2S/c1-3-8-18-10-13-4-6-15(7-5-13)19(2)11-14-9-16(17)20-12-14/h4-7,9,12,18H,3,8,10-11H2,1-2H3. The molecule has 0 unspecified atom stereocenters. The zero-order chi connectivity index (χ0) is 14.4. The first-order valence-electron chi connectivity index (χ1n) is 6.92. The van der Waals surface area contributed by atoms with Gasteiger partial charge in [0, 0.05) is 25.8 Å². The molecule has 1 N–H and O–H groups in total. The molecule has 0 aliphatic rings. The second-order valence-corrected chi connectivity index (χ2v) is 7.25. The van der Waals surface area contributed by atoms with Crippen molar-refractivity contribution in [1.29, 1.82) is 0 Å². The van der Waals surface area contributed by atoms with Crippen LogP contribution in [0.1, 0.15) is 24.5 Å². The lowest BCUT2D eigenvalue weighted by molar-refractivity contribution is 0.675. The third kappa shape index (κ3) is 4.62. The van der Waals surface area contributed by atoms with E-state index in [9.17, 15) is 0 Å². The number of benzene rings is 1. The van der Waals surface area contributed by atoms with Gasteiger partial charge in [0.25, 0.3) is 0 Å². The third-order valence-electron chi connectivity index (χ3n) is 3.17. The van der Waals surface area contributed by atoms with Gasteiger partial charge in [-0.2, -0.15) is 0 Å². The van der Waals surface area contributed by atoms with Crippen LogP contribution in [0, 0.1) is 0 Å². The molecule has 4 heteroatoms. The van der Waals surface area contributed by atoms with Crippen LogP contribution in [0.25, 0.3) is 0 Å². The van der Waals surface area contributed by atoms with Crippen molar-refractivity contribution in [3.63, 3.8) is 0 Å². The topological polar surface area (TPSA) is 15.3 Å². The van der Waals surface area contributed by atoms with Gasteiger partial charge in [-0.15, -0.1) is 11.3 Å². The van der Waals surface area contributed by atoms with Gasteiger partial charge in [-0.1, -0.05) is 19.1 Å². The van der Waals surface area contributed by atoms with Gasteiger partial charge in [0.1, 0.15) is 0 Å². The normalized spacial score (nSPS) is 10.8. The minimum Gasteiger partial charge on any atom is -0.370 e. The molecule has 2 nitrogen and oxygen atoms in total. The maximum absolute atomic E-state index is 3.51. The summed E-state index contributed by atoms with van der Waals surface area (Å²) in [5.74, 6) is 0. The molecule has 0 spiro atoms. The first-order valence-corrected chi connectivity index (χ1v) is 8.60. The molecule has 0 amide bonds. The summed E-state index contributed by atoms with van der Waals surface area (Å²) in [4.78, 5) is 2.28. The highest BCUT2D eigenvalue weighted by atomic mass is 79.9. The highest BCUT2D eigenvalue weighted by molar-refractivity contribution is 9.11. The molecule has 1 aromatic carbocycles. The minimum absolute atomic E-state index is 0.940. The maximum atomic E-state index is 3.51. The maximum Gasteiger partial charge on any atom is 0.0701 e. The summed E-state index contributed by atoms with van der Waals surface area (Å²) in [6, 6.07) is 11.0. The summed E-state index contributed by atoms with van der Waals surface area (Å²) in [5.41, 5.74) is 3.94. The van der Waals surface area contributed by atoms with Crippen LogP contribution in [0.5, 0.6) is 0 Å². The molecule has 1 aromatic heterocycles. The van der Waals surface area contributed by atoms with E-state index >= 15 is 0 Å². The second kappa shape index (κ2) is 7.81. The molecule has 0 fully saturated rings. The van der Waals surface area contributed by atoms with E-state index in [1.54, 1.807) is 11.3 Å². The van der Waals surface area contributed by atoms with E-state index in [1.807, 2.05) is 0 Å². The average Bonchev–Trinajstić information content (AvgIpc) is 2.85. The third-order valence-corrected chi connectivity index (χ3v) is 4.73. The van der Waals surface area contributed by atoms with Crippen LogP contribution in [0.15, 0.2) is 39.5 Å². The number of halogens is 1. The molecule has 108 valence electrons. The van der Waals surface area contributed by atoms with Gasteiger partial charge < -0.3 is 10.2 Å². The average molecular weight is 353 g/mol. The quantitative estimate of drug-likeness (QED) is 0.729. The predicted molar refractivity (Wildman–Crippen MR) is 92.6 cm³/mol. The van der Waals surface area contributed by atoms with E-state index in [0.29, 0.717) is 0 Å². The van der Waals surface area contributed by atoms with Crippen LogP contribution >= 0.6 is 27.3 Å². The fraction of sp³-hybridized carbons (Fsp3) is 0.375. The molecule has 20 heavy (non-hydrogen) atoms. The lowest BCUT2D eigenvalue weighted by Gasteiger charge is -2.19. The van der Waals surface area contributed by atoms with Gasteiger partial charge in [0.2, 0.25) is 0 Å². The van der Waals surface area contributed by atoms with Crippen LogP contribution in [-0.4, -0.2) is 13.6 Å². The van der Waals surface area contributed by atoms with Crippen LogP contribution in [0.4, 0.5) is 5.69 Å². The van der Waals surface area contributed by atoms with E-state index in [4.69, 9.17) is 0 Å². The monoisotopic (exact) mass is 352 g/mol. The number of hydrogen-bond donors (Lipinski definition) is 1. The SMILES string of the molecule is CCCNCc1ccc(N(C)Cc2csc(Br)c2)cc1. The minimum atomic E-state index is 0.940. The van der Waals surface area contributed by atoms with E-state index in [-0.39, 0.29) is 0 Å². The molecule has 2 rings (SSSR count).